The molecule has 210 valence electrons. The van der Waals surface area contributed by atoms with Crippen LogP contribution in [-0.4, -0.2) is 63.1 Å². The first kappa shape index (κ1) is 26.8. The van der Waals surface area contributed by atoms with E-state index in [4.69, 9.17) is 14.7 Å². The minimum atomic E-state index is -0.644. The summed E-state index contributed by atoms with van der Waals surface area (Å²) < 4.78 is 7.60. The number of rotatable bonds is 7. The number of esters is 1. The number of ketones is 1. The lowest BCUT2D eigenvalue weighted by atomic mass is 9.58. The van der Waals surface area contributed by atoms with Gasteiger partial charge in [-0.1, -0.05) is 37.8 Å². The van der Waals surface area contributed by atoms with E-state index in [1.807, 2.05) is 25.3 Å². The summed E-state index contributed by atoms with van der Waals surface area (Å²) in [6, 6.07) is 11.8. The van der Waals surface area contributed by atoms with Crippen molar-refractivity contribution in [1.29, 1.82) is 0 Å². The monoisotopic (exact) mass is 541 g/mol. The number of imidazole rings is 1. The van der Waals surface area contributed by atoms with Gasteiger partial charge >= 0.3 is 5.97 Å². The van der Waals surface area contributed by atoms with Crippen LogP contribution in [0.1, 0.15) is 82.1 Å². The number of ether oxygens (including phenoxy) is 1. The van der Waals surface area contributed by atoms with E-state index in [1.54, 1.807) is 0 Å². The summed E-state index contributed by atoms with van der Waals surface area (Å²) in [5.74, 6) is 0.988. The fourth-order valence-electron chi connectivity index (χ4n) is 6.86. The van der Waals surface area contributed by atoms with Gasteiger partial charge in [0.15, 0.2) is 11.7 Å². The van der Waals surface area contributed by atoms with Crippen LogP contribution in [0.15, 0.2) is 47.6 Å². The third kappa shape index (κ3) is 4.87. The van der Waals surface area contributed by atoms with Gasteiger partial charge in [-0.3, -0.25) is 19.3 Å². The number of Topliss-reactive ketones (excluding diaryl/α,β-unsaturated/α-hetero) is 1. The van der Waals surface area contributed by atoms with Crippen molar-refractivity contribution in [2.75, 3.05) is 20.2 Å². The molecule has 0 unspecified atom stereocenters. The Morgan fingerprint density at radius 3 is 2.65 bits per heavy atom. The van der Waals surface area contributed by atoms with E-state index < -0.39 is 11.5 Å². The van der Waals surface area contributed by atoms with Gasteiger partial charge in [0.1, 0.15) is 17.1 Å². The molecule has 6 rings (SSSR count). The molecule has 2 aliphatic carbocycles. The molecule has 3 aromatic rings. The summed E-state index contributed by atoms with van der Waals surface area (Å²) in [7, 11) is 2.17. The van der Waals surface area contributed by atoms with Gasteiger partial charge < -0.3 is 4.74 Å². The summed E-state index contributed by atoms with van der Waals surface area (Å²) in [4.78, 5) is 42.6. The molecule has 0 radical (unpaired) electrons. The molecule has 1 saturated heterocycles. The van der Waals surface area contributed by atoms with E-state index in [-0.39, 0.29) is 12.0 Å². The van der Waals surface area contributed by atoms with Crippen LogP contribution in [0, 0.1) is 5.41 Å². The van der Waals surface area contributed by atoms with Crippen LogP contribution >= 0.6 is 0 Å². The number of nitrogens with zero attached hydrogens (tertiary/aromatic N) is 5. The maximum absolute atomic E-state index is 13.0. The van der Waals surface area contributed by atoms with E-state index in [0.29, 0.717) is 25.2 Å². The maximum atomic E-state index is 13.0. The molecule has 3 heterocycles. The number of benzene rings is 1. The van der Waals surface area contributed by atoms with Crippen LogP contribution in [0.25, 0.3) is 16.9 Å². The second-order valence-corrected chi connectivity index (χ2v) is 11.6. The third-order valence-electron chi connectivity index (χ3n) is 9.13. The highest BCUT2D eigenvalue weighted by molar-refractivity contribution is 6.27. The van der Waals surface area contributed by atoms with Crippen molar-refractivity contribution in [3.05, 3.63) is 54.0 Å². The number of hydrogen-bond donors (Lipinski definition) is 0. The van der Waals surface area contributed by atoms with E-state index in [0.717, 1.165) is 79.0 Å². The van der Waals surface area contributed by atoms with Crippen molar-refractivity contribution in [3.63, 3.8) is 0 Å². The normalized spacial score (nSPS) is 22.9. The molecule has 3 aliphatic rings. The number of fused-ring (bicyclic) bond motifs is 1. The Labute approximate surface area is 235 Å². The fourth-order valence-corrected chi connectivity index (χ4v) is 6.86. The Hall–Kier alpha value is -3.39. The van der Waals surface area contributed by atoms with E-state index in [9.17, 15) is 9.59 Å². The molecule has 8 nitrogen and oxygen atoms in total. The van der Waals surface area contributed by atoms with Crippen LogP contribution in [-0.2, 0) is 20.7 Å². The summed E-state index contributed by atoms with van der Waals surface area (Å²) in [6.07, 6.45) is 11.1. The Bertz CT molecular complexity index is 1420. The van der Waals surface area contributed by atoms with Crippen molar-refractivity contribution in [2.45, 2.75) is 83.2 Å². The second-order valence-electron chi connectivity index (χ2n) is 11.6. The topological polar surface area (TPSA) is 89.7 Å². The lowest BCUT2D eigenvalue weighted by Crippen LogP contribution is -2.52. The summed E-state index contributed by atoms with van der Waals surface area (Å²) >= 11 is 0. The van der Waals surface area contributed by atoms with Gasteiger partial charge in [0.2, 0.25) is 0 Å². The molecule has 1 aliphatic heterocycles. The highest BCUT2D eigenvalue weighted by Gasteiger charge is 2.52. The van der Waals surface area contributed by atoms with Crippen molar-refractivity contribution in [1.82, 2.24) is 19.4 Å². The molecule has 1 aromatic carbocycles. The average Bonchev–Trinajstić information content (AvgIpc) is 3.37. The zero-order valence-electron chi connectivity index (χ0n) is 23.6. The zero-order chi connectivity index (χ0) is 27.7. The Balaban J connectivity index is 1.29. The van der Waals surface area contributed by atoms with Crippen LogP contribution in [0.5, 0.6) is 0 Å². The summed E-state index contributed by atoms with van der Waals surface area (Å²) in [5, 5.41) is 0. The number of carbonyl (C=O) groups excluding carboxylic acids is 2. The lowest BCUT2D eigenvalue weighted by Gasteiger charge is -2.44. The Morgan fingerprint density at radius 1 is 1.12 bits per heavy atom. The molecule has 3 fully saturated rings. The number of pyridine rings is 1. The Kier molecular flexibility index (Phi) is 7.53. The minimum Gasteiger partial charge on any atom is -0.464 e. The van der Waals surface area contributed by atoms with Crippen LogP contribution in [0.2, 0.25) is 0 Å². The molecule has 2 atom stereocenters. The van der Waals surface area contributed by atoms with Gasteiger partial charge in [-0.25, -0.2) is 14.8 Å². The first-order valence-electron chi connectivity index (χ1n) is 14.9. The van der Waals surface area contributed by atoms with Gasteiger partial charge in [-0.15, -0.1) is 0 Å². The number of hydrogen-bond acceptors (Lipinski definition) is 7. The predicted octanol–water partition coefficient (Wildman–Crippen LogP) is 5.42. The second kappa shape index (κ2) is 11.2. The quantitative estimate of drug-likeness (QED) is 0.371. The summed E-state index contributed by atoms with van der Waals surface area (Å²) in [5.41, 5.74) is 4.24. The van der Waals surface area contributed by atoms with Gasteiger partial charge in [0.05, 0.1) is 18.1 Å². The molecule has 0 amide bonds. The van der Waals surface area contributed by atoms with Crippen LogP contribution < -0.4 is 0 Å². The maximum Gasteiger partial charge on any atom is 0.331 e. The molecule has 8 heteroatoms. The summed E-state index contributed by atoms with van der Waals surface area (Å²) in [6.45, 7) is 3.18. The molecule has 0 N–H and O–H groups in total. The first-order valence-corrected chi connectivity index (χ1v) is 14.9. The first-order chi connectivity index (χ1) is 19.5. The largest absolute Gasteiger partial charge is 0.464 e. The van der Waals surface area contributed by atoms with Crippen molar-refractivity contribution >= 4 is 28.6 Å². The fraction of sp³-hybridized carbons (Fsp3) is 0.531. The number of aliphatic imine (C=N–C) groups is 1. The average molecular weight is 542 g/mol. The zero-order valence-corrected chi connectivity index (χ0v) is 23.6. The number of likely N-dealkylation sites (tertiary alicyclic amines) is 1. The van der Waals surface area contributed by atoms with E-state index in [1.165, 1.54) is 12.8 Å². The lowest BCUT2D eigenvalue weighted by molar-refractivity contribution is -0.144. The van der Waals surface area contributed by atoms with Crippen LogP contribution in [0.4, 0.5) is 0 Å². The molecular formula is C32H39N5O3. The van der Waals surface area contributed by atoms with Crippen molar-refractivity contribution in [2.24, 2.45) is 10.4 Å². The predicted molar refractivity (Wildman–Crippen MR) is 155 cm³/mol. The molecule has 40 heavy (non-hydrogen) atoms. The Morgan fingerprint density at radius 2 is 1.93 bits per heavy atom. The highest BCUT2D eigenvalue weighted by Crippen LogP contribution is 2.47. The van der Waals surface area contributed by atoms with E-state index in [2.05, 4.69) is 45.8 Å². The molecule has 1 spiro atoms. The molecule has 2 aromatic heterocycles. The number of aromatic nitrogens is 3. The van der Waals surface area contributed by atoms with Gasteiger partial charge in [0.25, 0.3) is 0 Å². The van der Waals surface area contributed by atoms with E-state index >= 15 is 0 Å². The smallest absolute Gasteiger partial charge is 0.331 e. The van der Waals surface area contributed by atoms with Gasteiger partial charge in [0, 0.05) is 30.4 Å². The van der Waals surface area contributed by atoms with Gasteiger partial charge in [-0.05, 0) is 76.0 Å². The molecular weight excluding hydrogens is 502 g/mol. The highest BCUT2D eigenvalue weighted by atomic mass is 16.5. The van der Waals surface area contributed by atoms with Crippen molar-refractivity contribution < 1.29 is 14.3 Å². The van der Waals surface area contributed by atoms with Crippen molar-refractivity contribution in [3.8, 4) is 5.69 Å². The SMILES string of the molecule is CCOC(=O)[C@H](Cc1ccc(-n2c([C@@H]3CCCCN3C)nc3cccnc32)cc1)N=C1CC(=O)C12CCCCC2. The number of carbonyl (C=O) groups is 2. The minimum absolute atomic E-state index is 0.240. The van der Waals surface area contributed by atoms with Gasteiger partial charge in [-0.2, -0.15) is 0 Å². The van der Waals surface area contributed by atoms with Crippen LogP contribution in [0.3, 0.4) is 0 Å². The number of piperidine rings is 1. The third-order valence-corrected chi connectivity index (χ3v) is 9.13. The standard InChI is InChI=1S/C32H39N5O3/c1-3-40-31(39)25(34-27-21-28(38)32(27)16-6-4-7-17-32)20-22-12-14-23(15-13-22)37-29-24(10-9-18-33-29)35-30(37)26-11-5-8-19-36(26)2/h9-10,12-15,18,25-26H,3-8,11,16-17,19-21H2,1-2H3/t25-,26-/m0/s1. The molecule has 2 saturated carbocycles. The molecule has 0 bridgehead atoms.